The highest BCUT2D eigenvalue weighted by atomic mass is 32.2. The molecule has 0 aliphatic rings. The van der Waals surface area contributed by atoms with Crippen molar-refractivity contribution in [3.05, 3.63) is 88.0 Å². The van der Waals surface area contributed by atoms with Crippen LogP contribution < -0.4 is 14.9 Å². The Balaban J connectivity index is 1.84. The number of hydrogen-bond donors (Lipinski definition) is 2. The smallest absolute Gasteiger partial charge is 0.295 e. The number of sulfonamides is 1. The van der Waals surface area contributed by atoms with Gasteiger partial charge in [0.15, 0.2) is 0 Å². The van der Waals surface area contributed by atoms with Gasteiger partial charge >= 0.3 is 0 Å². The van der Waals surface area contributed by atoms with Crippen molar-refractivity contribution in [1.29, 1.82) is 5.26 Å². The van der Waals surface area contributed by atoms with Gasteiger partial charge in [-0.25, -0.2) is 8.42 Å². The molecule has 3 rings (SSSR count). The molecule has 32 heavy (non-hydrogen) atoms. The molecule has 0 amide bonds. The number of anilines is 2. The molecule has 0 spiro atoms. The van der Waals surface area contributed by atoms with Gasteiger partial charge in [-0.3, -0.25) is 20.3 Å². The number of para-hydroxylation sites is 2. The van der Waals surface area contributed by atoms with E-state index in [0.29, 0.717) is 16.9 Å². The Bertz CT molecular complexity index is 1320. The van der Waals surface area contributed by atoms with Crippen molar-refractivity contribution in [2.75, 3.05) is 17.3 Å². The Hall–Kier alpha value is -4.43. The zero-order valence-electron chi connectivity index (χ0n) is 16.7. The number of methoxy groups -OCH3 is 1. The quantitative estimate of drug-likeness (QED) is 0.301. The summed E-state index contributed by atoms with van der Waals surface area (Å²) in [5, 5.41) is 24.3. The van der Waals surface area contributed by atoms with Crippen LogP contribution in [0.15, 0.2) is 76.7 Å². The molecule has 0 radical (unpaired) electrons. The van der Waals surface area contributed by atoms with Crippen LogP contribution in [-0.2, 0) is 10.0 Å². The van der Waals surface area contributed by atoms with Gasteiger partial charge in [0.2, 0.25) is 0 Å². The SMILES string of the molecule is COc1ccccc1NS(=O)(=O)c1ccc(N/N=C/c2ccc(C#N)cc2)c([N+](=O)[O-])c1. The van der Waals surface area contributed by atoms with Gasteiger partial charge in [-0.15, -0.1) is 0 Å². The second kappa shape index (κ2) is 9.59. The standard InChI is InChI=1S/C21H17N5O5S/c1-31-21-5-3-2-4-19(21)25-32(29,30)17-10-11-18(20(12-17)26(27)28)24-23-14-16-8-6-15(13-22)7-9-16/h2-12,14,24-25H,1H3/b23-14+. The van der Waals surface area contributed by atoms with Crippen LogP contribution in [0.25, 0.3) is 0 Å². The summed E-state index contributed by atoms with van der Waals surface area (Å²) in [5.41, 5.74) is 3.45. The first kappa shape index (κ1) is 22.3. The van der Waals surface area contributed by atoms with E-state index in [9.17, 15) is 18.5 Å². The fraction of sp³-hybridized carbons (Fsp3) is 0.0476. The number of ether oxygens (including phenoxy) is 1. The molecule has 11 heteroatoms. The average Bonchev–Trinajstić information content (AvgIpc) is 2.79. The molecule has 0 bridgehead atoms. The zero-order valence-corrected chi connectivity index (χ0v) is 17.5. The van der Waals surface area contributed by atoms with Crippen molar-refractivity contribution >= 4 is 33.3 Å². The largest absolute Gasteiger partial charge is 0.495 e. The maximum Gasteiger partial charge on any atom is 0.295 e. The first-order valence-corrected chi connectivity index (χ1v) is 10.6. The second-order valence-corrected chi connectivity index (χ2v) is 8.03. The van der Waals surface area contributed by atoms with Crippen molar-refractivity contribution in [2.45, 2.75) is 4.90 Å². The van der Waals surface area contributed by atoms with Crippen LogP contribution in [0.3, 0.4) is 0 Å². The minimum absolute atomic E-state index is 0.0103. The van der Waals surface area contributed by atoms with Crippen LogP contribution in [0.2, 0.25) is 0 Å². The first-order valence-electron chi connectivity index (χ1n) is 9.07. The number of hydrazone groups is 1. The van der Waals surface area contributed by atoms with Crippen molar-refractivity contribution in [3.63, 3.8) is 0 Å². The van der Waals surface area contributed by atoms with E-state index in [0.717, 1.165) is 6.07 Å². The maximum absolute atomic E-state index is 12.7. The van der Waals surface area contributed by atoms with Gasteiger partial charge in [0.05, 0.1) is 40.5 Å². The lowest BCUT2D eigenvalue weighted by molar-refractivity contribution is -0.384. The number of nitrogens with zero attached hydrogens (tertiary/aromatic N) is 3. The number of hydrogen-bond acceptors (Lipinski definition) is 8. The number of nitro benzene ring substituents is 1. The van der Waals surface area contributed by atoms with Crippen LogP contribution in [0.1, 0.15) is 11.1 Å². The van der Waals surface area contributed by atoms with Crippen LogP contribution >= 0.6 is 0 Å². The van der Waals surface area contributed by atoms with Gasteiger partial charge in [0, 0.05) is 6.07 Å². The molecule has 0 aromatic heterocycles. The molecule has 0 atom stereocenters. The lowest BCUT2D eigenvalue weighted by Gasteiger charge is -2.12. The topological polar surface area (TPSA) is 147 Å². The van der Waals surface area contributed by atoms with Crippen LogP contribution in [0, 0.1) is 21.4 Å². The highest BCUT2D eigenvalue weighted by Crippen LogP contribution is 2.30. The van der Waals surface area contributed by atoms with Gasteiger partial charge in [0.1, 0.15) is 11.4 Å². The molecule has 0 saturated carbocycles. The fourth-order valence-corrected chi connectivity index (χ4v) is 3.77. The van der Waals surface area contributed by atoms with Crippen molar-refractivity contribution in [3.8, 4) is 11.8 Å². The molecule has 0 unspecified atom stereocenters. The first-order chi connectivity index (χ1) is 15.3. The Labute approximate surface area is 184 Å². The molecule has 10 nitrogen and oxygen atoms in total. The van der Waals surface area contributed by atoms with E-state index in [2.05, 4.69) is 15.2 Å². The highest BCUT2D eigenvalue weighted by Gasteiger charge is 2.22. The van der Waals surface area contributed by atoms with Crippen LogP contribution in [0.5, 0.6) is 5.75 Å². The van der Waals surface area contributed by atoms with Crippen molar-refractivity contribution < 1.29 is 18.1 Å². The molecule has 0 aliphatic carbocycles. The summed E-state index contributed by atoms with van der Waals surface area (Å²) in [6.45, 7) is 0. The number of nitrogens with one attached hydrogen (secondary N) is 2. The monoisotopic (exact) mass is 451 g/mol. The van der Waals surface area contributed by atoms with Crippen LogP contribution in [-0.4, -0.2) is 26.7 Å². The molecule has 3 aromatic rings. The minimum atomic E-state index is -4.12. The Morgan fingerprint density at radius 3 is 2.47 bits per heavy atom. The van der Waals surface area contributed by atoms with E-state index < -0.39 is 20.6 Å². The molecular weight excluding hydrogens is 434 g/mol. The minimum Gasteiger partial charge on any atom is -0.495 e. The maximum atomic E-state index is 12.7. The van der Waals surface area contributed by atoms with E-state index in [-0.39, 0.29) is 16.3 Å². The fourth-order valence-electron chi connectivity index (χ4n) is 2.68. The number of rotatable bonds is 8. The van der Waals surface area contributed by atoms with E-state index in [1.807, 2.05) is 6.07 Å². The lowest BCUT2D eigenvalue weighted by Crippen LogP contribution is -2.14. The summed E-state index contributed by atoms with van der Waals surface area (Å²) in [6.07, 6.45) is 1.42. The molecule has 0 fully saturated rings. The summed E-state index contributed by atoms with van der Waals surface area (Å²) in [6, 6.07) is 18.4. The second-order valence-electron chi connectivity index (χ2n) is 6.35. The number of nitriles is 1. The van der Waals surface area contributed by atoms with Gasteiger partial charge in [-0.05, 0) is 42.0 Å². The number of nitro groups is 1. The third kappa shape index (κ3) is 5.18. The van der Waals surface area contributed by atoms with Gasteiger partial charge < -0.3 is 4.74 Å². The predicted molar refractivity (Wildman–Crippen MR) is 119 cm³/mol. The molecule has 0 saturated heterocycles. The summed E-state index contributed by atoms with van der Waals surface area (Å²) < 4.78 is 33.0. The Kier molecular flexibility index (Phi) is 6.67. The summed E-state index contributed by atoms with van der Waals surface area (Å²) in [4.78, 5) is 10.5. The molecular formula is C21H17N5O5S. The predicted octanol–water partition coefficient (Wildman–Crippen LogP) is 3.72. The molecule has 0 heterocycles. The van der Waals surface area contributed by atoms with Crippen molar-refractivity contribution in [1.82, 2.24) is 0 Å². The summed E-state index contributed by atoms with van der Waals surface area (Å²) in [7, 11) is -2.72. The van der Waals surface area contributed by atoms with E-state index in [1.54, 1.807) is 42.5 Å². The Morgan fingerprint density at radius 1 is 1.09 bits per heavy atom. The average molecular weight is 451 g/mol. The van der Waals surface area contributed by atoms with E-state index >= 15 is 0 Å². The Morgan fingerprint density at radius 2 is 1.81 bits per heavy atom. The summed E-state index contributed by atoms with van der Waals surface area (Å²) in [5.74, 6) is 0.306. The number of benzene rings is 3. The molecule has 2 N–H and O–H groups in total. The zero-order chi connectivity index (χ0) is 23.1. The van der Waals surface area contributed by atoms with E-state index in [1.165, 1.54) is 31.5 Å². The van der Waals surface area contributed by atoms with Gasteiger partial charge in [0.25, 0.3) is 15.7 Å². The normalized spacial score (nSPS) is 11.0. The third-order valence-corrected chi connectivity index (χ3v) is 5.63. The third-order valence-electron chi connectivity index (χ3n) is 4.27. The lowest BCUT2D eigenvalue weighted by atomic mass is 10.2. The summed E-state index contributed by atoms with van der Waals surface area (Å²) >= 11 is 0. The highest BCUT2D eigenvalue weighted by molar-refractivity contribution is 7.92. The molecule has 0 aliphatic heterocycles. The van der Waals surface area contributed by atoms with E-state index in [4.69, 9.17) is 10.00 Å². The van der Waals surface area contributed by atoms with Gasteiger partial charge in [-0.1, -0.05) is 24.3 Å². The molecule has 3 aromatic carbocycles. The molecule has 162 valence electrons. The van der Waals surface area contributed by atoms with Gasteiger partial charge in [-0.2, -0.15) is 10.4 Å². The van der Waals surface area contributed by atoms with Crippen LogP contribution in [0.4, 0.5) is 17.1 Å². The van der Waals surface area contributed by atoms with Crippen molar-refractivity contribution in [2.24, 2.45) is 5.10 Å².